The summed E-state index contributed by atoms with van der Waals surface area (Å²) in [5.41, 5.74) is 1.19. The van der Waals surface area contributed by atoms with Gasteiger partial charge in [-0.15, -0.1) is 0 Å². The number of hydrogen-bond donors (Lipinski definition) is 2. The minimum Gasteiger partial charge on any atom is -0.315 e. The number of nitrogens with one attached hydrogen (secondary N) is 2. The molecule has 118 valence electrons. The Bertz CT molecular complexity index is 532. The highest BCUT2D eigenvalue weighted by atomic mass is 32.2. The van der Waals surface area contributed by atoms with Gasteiger partial charge in [-0.1, -0.05) is 32.4 Å². The average molecular weight is 310 g/mol. The minimum atomic E-state index is -3.42. The van der Waals surface area contributed by atoms with Gasteiger partial charge in [-0.2, -0.15) is 0 Å². The van der Waals surface area contributed by atoms with Crippen LogP contribution >= 0.6 is 0 Å². The summed E-state index contributed by atoms with van der Waals surface area (Å²) >= 11 is 0. The summed E-state index contributed by atoms with van der Waals surface area (Å²) in [6, 6.07) is 7.27. The molecule has 0 aliphatic carbocycles. The minimum absolute atomic E-state index is 0.00765. The van der Waals surface area contributed by atoms with Crippen molar-refractivity contribution in [1.82, 2.24) is 10.0 Å². The van der Waals surface area contributed by atoms with Gasteiger partial charge in [0.25, 0.3) is 0 Å². The Morgan fingerprint density at radius 2 is 2.00 bits per heavy atom. The fraction of sp³-hybridized carbons (Fsp3) is 0.625. The second-order valence-electron chi connectivity index (χ2n) is 5.90. The number of sulfonamides is 1. The highest BCUT2D eigenvalue weighted by molar-refractivity contribution is 7.89. The highest BCUT2D eigenvalue weighted by Gasteiger charge is 2.21. The van der Waals surface area contributed by atoms with Crippen LogP contribution in [0.1, 0.15) is 51.0 Å². The van der Waals surface area contributed by atoms with Crippen LogP contribution in [0.3, 0.4) is 0 Å². The fourth-order valence-electron chi connectivity index (χ4n) is 2.62. The van der Waals surface area contributed by atoms with Gasteiger partial charge in [0, 0.05) is 12.6 Å². The molecule has 2 atom stereocenters. The van der Waals surface area contributed by atoms with Crippen LogP contribution < -0.4 is 10.0 Å². The van der Waals surface area contributed by atoms with Crippen molar-refractivity contribution >= 4 is 10.0 Å². The van der Waals surface area contributed by atoms with Gasteiger partial charge < -0.3 is 5.32 Å². The Kier molecular flexibility index (Phi) is 5.79. The van der Waals surface area contributed by atoms with Crippen LogP contribution in [-0.2, 0) is 10.0 Å². The molecule has 1 aliphatic rings. The lowest BCUT2D eigenvalue weighted by atomic mass is 9.99. The summed E-state index contributed by atoms with van der Waals surface area (Å²) in [7, 11) is -3.42. The van der Waals surface area contributed by atoms with Crippen LogP contribution in [0.5, 0.6) is 0 Å². The molecule has 0 saturated carbocycles. The summed E-state index contributed by atoms with van der Waals surface area (Å²) in [4.78, 5) is 0.360. The lowest BCUT2D eigenvalue weighted by Crippen LogP contribution is -2.40. The first-order valence-corrected chi connectivity index (χ1v) is 9.34. The zero-order valence-electron chi connectivity index (χ0n) is 12.9. The lowest BCUT2D eigenvalue weighted by molar-refractivity contribution is 0.521. The SMILES string of the molecule is CCC(C)c1ccc(S(=O)(=O)NC2CCCCNC2)cc1. The molecule has 1 aromatic carbocycles. The van der Waals surface area contributed by atoms with Crippen molar-refractivity contribution in [3.8, 4) is 0 Å². The lowest BCUT2D eigenvalue weighted by Gasteiger charge is -2.17. The molecule has 0 amide bonds. The highest BCUT2D eigenvalue weighted by Crippen LogP contribution is 2.20. The number of rotatable bonds is 5. The summed E-state index contributed by atoms with van der Waals surface area (Å²) in [6.07, 6.45) is 4.13. The fourth-order valence-corrected chi connectivity index (χ4v) is 3.89. The van der Waals surface area contributed by atoms with E-state index in [2.05, 4.69) is 23.9 Å². The van der Waals surface area contributed by atoms with Crippen molar-refractivity contribution in [2.24, 2.45) is 0 Å². The van der Waals surface area contributed by atoms with Gasteiger partial charge in [0.05, 0.1) is 4.90 Å². The van der Waals surface area contributed by atoms with Gasteiger partial charge in [-0.3, -0.25) is 0 Å². The van der Waals surface area contributed by atoms with E-state index in [1.165, 1.54) is 5.56 Å². The maximum Gasteiger partial charge on any atom is 0.240 e. The Labute approximate surface area is 128 Å². The predicted molar refractivity (Wildman–Crippen MR) is 86.0 cm³/mol. The predicted octanol–water partition coefficient (Wildman–Crippen LogP) is 2.62. The largest absolute Gasteiger partial charge is 0.315 e. The maximum atomic E-state index is 12.4. The molecule has 2 unspecified atom stereocenters. The molecular formula is C16H26N2O2S. The monoisotopic (exact) mass is 310 g/mol. The van der Waals surface area contributed by atoms with Crippen LogP contribution in [0.25, 0.3) is 0 Å². The molecule has 1 saturated heterocycles. The molecule has 2 rings (SSSR count). The van der Waals surface area contributed by atoms with E-state index >= 15 is 0 Å². The zero-order chi connectivity index (χ0) is 15.3. The van der Waals surface area contributed by atoms with E-state index in [1.54, 1.807) is 12.1 Å². The molecule has 21 heavy (non-hydrogen) atoms. The summed E-state index contributed by atoms with van der Waals surface area (Å²) in [5, 5.41) is 3.28. The third-order valence-corrected chi connectivity index (χ3v) is 5.78. The van der Waals surface area contributed by atoms with E-state index in [9.17, 15) is 8.42 Å². The van der Waals surface area contributed by atoms with Gasteiger partial charge in [0.2, 0.25) is 10.0 Å². The number of benzene rings is 1. The number of hydrogen-bond acceptors (Lipinski definition) is 3. The second-order valence-corrected chi connectivity index (χ2v) is 7.61. The molecule has 1 fully saturated rings. The molecule has 1 heterocycles. The van der Waals surface area contributed by atoms with E-state index in [0.29, 0.717) is 17.4 Å². The van der Waals surface area contributed by atoms with E-state index in [0.717, 1.165) is 32.2 Å². The summed E-state index contributed by atoms with van der Waals surface area (Å²) in [6.45, 7) is 5.97. The summed E-state index contributed by atoms with van der Waals surface area (Å²) in [5.74, 6) is 0.459. The van der Waals surface area contributed by atoms with E-state index in [-0.39, 0.29) is 6.04 Å². The maximum absolute atomic E-state index is 12.4. The van der Waals surface area contributed by atoms with Crippen molar-refractivity contribution in [1.29, 1.82) is 0 Å². The summed E-state index contributed by atoms with van der Waals surface area (Å²) < 4.78 is 27.7. The van der Waals surface area contributed by atoms with Gasteiger partial charge in [-0.05, 0) is 49.4 Å². The van der Waals surface area contributed by atoms with Crippen LogP contribution in [0.4, 0.5) is 0 Å². The first kappa shape index (κ1) is 16.5. The van der Waals surface area contributed by atoms with E-state index in [1.807, 2.05) is 12.1 Å². The van der Waals surface area contributed by atoms with E-state index < -0.39 is 10.0 Å². The van der Waals surface area contributed by atoms with Crippen molar-refractivity contribution in [2.75, 3.05) is 13.1 Å². The average Bonchev–Trinajstić information content (AvgIpc) is 2.74. The Morgan fingerprint density at radius 1 is 1.29 bits per heavy atom. The van der Waals surface area contributed by atoms with E-state index in [4.69, 9.17) is 0 Å². The molecule has 4 nitrogen and oxygen atoms in total. The van der Waals surface area contributed by atoms with Gasteiger partial charge in [0.1, 0.15) is 0 Å². The van der Waals surface area contributed by atoms with Crippen LogP contribution in [0, 0.1) is 0 Å². The molecular weight excluding hydrogens is 284 g/mol. The quantitative estimate of drug-likeness (QED) is 0.879. The van der Waals surface area contributed by atoms with Crippen LogP contribution in [0.15, 0.2) is 29.2 Å². The second kappa shape index (κ2) is 7.38. The van der Waals surface area contributed by atoms with Crippen molar-refractivity contribution < 1.29 is 8.42 Å². The molecule has 0 bridgehead atoms. The standard InChI is InChI=1S/C16H26N2O2S/c1-3-13(2)14-7-9-16(10-8-14)21(19,20)18-15-6-4-5-11-17-12-15/h7-10,13,15,17-18H,3-6,11-12H2,1-2H3. The first-order valence-electron chi connectivity index (χ1n) is 7.86. The van der Waals surface area contributed by atoms with Crippen LogP contribution in [0.2, 0.25) is 0 Å². The third-order valence-electron chi connectivity index (χ3n) is 4.24. The smallest absolute Gasteiger partial charge is 0.240 e. The molecule has 5 heteroatoms. The van der Waals surface area contributed by atoms with Gasteiger partial charge >= 0.3 is 0 Å². The van der Waals surface area contributed by atoms with Crippen molar-refractivity contribution in [3.05, 3.63) is 29.8 Å². The molecule has 0 radical (unpaired) electrons. The Morgan fingerprint density at radius 3 is 2.67 bits per heavy atom. The molecule has 2 N–H and O–H groups in total. The third kappa shape index (κ3) is 4.53. The Hall–Kier alpha value is -0.910. The molecule has 1 aromatic rings. The molecule has 0 spiro atoms. The molecule has 1 aliphatic heterocycles. The first-order chi connectivity index (χ1) is 10.0. The zero-order valence-corrected chi connectivity index (χ0v) is 13.7. The Balaban J connectivity index is 2.08. The van der Waals surface area contributed by atoms with Crippen molar-refractivity contribution in [3.63, 3.8) is 0 Å². The van der Waals surface area contributed by atoms with Crippen molar-refractivity contribution in [2.45, 2.75) is 56.4 Å². The molecule has 0 aromatic heterocycles. The normalized spacial score (nSPS) is 21.7. The topological polar surface area (TPSA) is 58.2 Å². The van der Waals surface area contributed by atoms with Gasteiger partial charge in [-0.25, -0.2) is 13.1 Å². The van der Waals surface area contributed by atoms with Crippen LogP contribution in [-0.4, -0.2) is 27.5 Å². The van der Waals surface area contributed by atoms with Gasteiger partial charge in [0.15, 0.2) is 0 Å².